The highest BCUT2D eigenvalue weighted by Gasteiger charge is 2.24. The molecule has 0 fully saturated rings. The summed E-state index contributed by atoms with van der Waals surface area (Å²) in [6.45, 7) is 9.25. The standard InChI is InChI=1S/C14H21NO3Si/c1-10(2)14(3,4)19-18-9-12-7-6-11(8-15-12)13(16)17-5/h6-8,10H,9H2,1-5H3. The van der Waals surface area contributed by atoms with Crippen LogP contribution < -0.4 is 0 Å². The molecule has 5 heteroatoms. The Labute approximate surface area is 117 Å². The highest BCUT2D eigenvalue weighted by Crippen LogP contribution is 2.32. The van der Waals surface area contributed by atoms with Crippen molar-refractivity contribution in [2.75, 3.05) is 7.11 Å². The van der Waals surface area contributed by atoms with Gasteiger partial charge in [-0.15, -0.1) is 0 Å². The number of ether oxygens (including phenoxy) is 1. The van der Waals surface area contributed by atoms with E-state index < -0.39 is 0 Å². The molecule has 0 saturated heterocycles. The lowest BCUT2D eigenvalue weighted by molar-refractivity contribution is 0.0600. The van der Waals surface area contributed by atoms with Crippen molar-refractivity contribution in [2.24, 2.45) is 5.92 Å². The van der Waals surface area contributed by atoms with Crippen LogP contribution in [0.5, 0.6) is 0 Å². The Morgan fingerprint density at radius 3 is 2.58 bits per heavy atom. The van der Waals surface area contributed by atoms with Crippen LogP contribution in [-0.2, 0) is 15.8 Å². The average molecular weight is 279 g/mol. The average Bonchev–Trinajstić information content (AvgIpc) is 2.38. The molecule has 0 unspecified atom stereocenters. The molecule has 104 valence electrons. The summed E-state index contributed by atoms with van der Waals surface area (Å²) in [5.41, 5.74) is 1.27. The monoisotopic (exact) mass is 279 g/mol. The Kier molecular flexibility index (Phi) is 5.69. The van der Waals surface area contributed by atoms with Gasteiger partial charge in [-0.2, -0.15) is 0 Å². The fourth-order valence-corrected chi connectivity index (χ4v) is 1.99. The maximum atomic E-state index is 11.3. The zero-order valence-corrected chi connectivity index (χ0v) is 13.2. The third kappa shape index (κ3) is 4.76. The summed E-state index contributed by atoms with van der Waals surface area (Å²) in [4.78, 5) is 15.4. The molecule has 0 aliphatic carbocycles. The summed E-state index contributed by atoms with van der Waals surface area (Å²) in [6.07, 6.45) is 1.52. The quantitative estimate of drug-likeness (QED) is 0.593. The van der Waals surface area contributed by atoms with Crippen molar-refractivity contribution in [2.45, 2.75) is 39.3 Å². The first-order valence-electron chi connectivity index (χ1n) is 6.29. The number of methoxy groups -OCH3 is 1. The molecule has 0 aliphatic heterocycles. The summed E-state index contributed by atoms with van der Waals surface area (Å²) in [5, 5.41) is 0.173. The molecule has 0 atom stereocenters. The molecule has 19 heavy (non-hydrogen) atoms. The molecule has 0 amide bonds. The second-order valence-electron chi connectivity index (χ2n) is 5.30. The zero-order valence-electron chi connectivity index (χ0n) is 12.2. The SMILES string of the molecule is COC(=O)c1ccc(CO[Si]C(C)(C)C(C)C)nc1. The van der Waals surface area contributed by atoms with Crippen LogP contribution in [0.25, 0.3) is 0 Å². The van der Waals surface area contributed by atoms with Crippen molar-refractivity contribution in [3.63, 3.8) is 0 Å². The summed E-state index contributed by atoms with van der Waals surface area (Å²) in [6, 6.07) is 3.49. The fourth-order valence-electron chi connectivity index (χ4n) is 1.16. The van der Waals surface area contributed by atoms with Gasteiger partial charge < -0.3 is 9.16 Å². The predicted octanol–water partition coefficient (Wildman–Crippen LogP) is 2.86. The molecule has 1 heterocycles. The number of pyridine rings is 1. The van der Waals surface area contributed by atoms with Gasteiger partial charge in [-0.05, 0) is 23.1 Å². The lowest BCUT2D eigenvalue weighted by Gasteiger charge is -2.26. The summed E-state index contributed by atoms with van der Waals surface area (Å²) < 4.78 is 10.3. The van der Waals surface area contributed by atoms with Crippen molar-refractivity contribution in [1.29, 1.82) is 0 Å². The first-order chi connectivity index (χ1) is 8.86. The zero-order chi connectivity index (χ0) is 14.5. The minimum Gasteiger partial charge on any atom is -0.465 e. The van der Waals surface area contributed by atoms with Crippen LogP contribution in [0.3, 0.4) is 0 Å². The number of aromatic nitrogens is 1. The molecular formula is C14H21NO3Si. The topological polar surface area (TPSA) is 48.4 Å². The number of carbonyl (C=O) groups excluding carboxylic acids is 1. The van der Waals surface area contributed by atoms with E-state index in [0.717, 1.165) is 5.69 Å². The van der Waals surface area contributed by atoms with Gasteiger partial charge in [-0.1, -0.05) is 27.7 Å². The number of rotatable bonds is 6. The molecule has 2 radical (unpaired) electrons. The lowest BCUT2D eigenvalue weighted by atomic mass is 9.99. The Hall–Kier alpha value is -1.20. The molecule has 1 aromatic rings. The van der Waals surface area contributed by atoms with E-state index in [1.165, 1.54) is 13.3 Å². The number of carbonyl (C=O) groups is 1. The predicted molar refractivity (Wildman–Crippen MR) is 75.0 cm³/mol. The molecule has 0 spiro atoms. The maximum Gasteiger partial charge on any atom is 0.339 e. The fraction of sp³-hybridized carbons (Fsp3) is 0.571. The number of esters is 1. The van der Waals surface area contributed by atoms with Crippen molar-refractivity contribution in [1.82, 2.24) is 4.98 Å². The Bertz CT molecular complexity index is 415. The van der Waals surface area contributed by atoms with Gasteiger partial charge in [-0.25, -0.2) is 4.79 Å². The number of nitrogens with zero attached hydrogens (tertiary/aromatic N) is 1. The molecule has 0 aliphatic rings. The Morgan fingerprint density at radius 1 is 1.42 bits per heavy atom. The summed E-state index contributed by atoms with van der Waals surface area (Å²) >= 11 is 0. The van der Waals surface area contributed by atoms with Crippen LogP contribution in [-0.4, -0.2) is 27.8 Å². The second kappa shape index (κ2) is 6.82. The second-order valence-corrected chi connectivity index (χ2v) is 7.08. The van der Waals surface area contributed by atoms with Gasteiger partial charge in [0, 0.05) is 6.20 Å². The van der Waals surface area contributed by atoms with Gasteiger partial charge in [0.05, 0.1) is 25.0 Å². The van der Waals surface area contributed by atoms with Gasteiger partial charge in [0.1, 0.15) is 0 Å². The van der Waals surface area contributed by atoms with Crippen LogP contribution in [0, 0.1) is 5.92 Å². The minimum absolute atomic E-state index is 0.173. The van der Waals surface area contributed by atoms with Crippen molar-refractivity contribution in [3.8, 4) is 0 Å². The summed E-state index contributed by atoms with van der Waals surface area (Å²) in [7, 11) is 1.78. The molecule has 0 N–H and O–H groups in total. The van der Waals surface area contributed by atoms with Crippen molar-refractivity contribution < 1.29 is 14.0 Å². The van der Waals surface area contributed by atoms with E-state index in [4.69, 9.17) is 4.43 Å². The number of hydrogen-bond donors (Lipinski definition) is 0. The van der Waals surface area contributed by atoms with E-state index in [-0.39, 0.29) is 11.0 Å². The van der Waals surface area contributed by atoms with Crippen LogP contribution in [0.2, 0.25) is 5.04 Å². The van der Waals surface area contributed by atoms with Crippen LogP contribution in [0.4, 0.5) is 0 Å². The molecular weight excluding hydrogens is 258 g/mol. The van der Waals surface area contributed by atoms with Gasteiger partial charge in [-0.3, -0.25) is 4.98 Å². The van der Waals surface area contributed by atoms with Crippen LogP contribution in [0.1, 0.15) is 43.7 Å². The van der Waals surface area contributed by atoms with E-state index in [1.54, 1.807) is 12.1 Å². The molecule has 1 rings (SSSR count). The van der Waals surface area contributed by atoms with E-state index >= 15 is 0 Å². The maximum absolute atomic E-state index is 11.3. The molecule has 1 aromatic heterocycles. The molecule has 0 saturated carbocycles. The largest absolute Gasteiger partial charge is 0.465 e. The number of hydrogen-bond acceptors (Lipinski definition) is 4. The van der Waals surface area contributed by atoms with E-state index in [9.17, 15) is 4.79 Å². The van der Waals surface area contributed by atoms with Crippen molar-refractivity contribution >= 4 is 15.7 Å². The highest BCUT2D eigenvalue weighted by atomic mass is 28.2. The van der Waals surface area contributed by atoms with Gasteiger partial charge >= 0.3 is 5.97 Å². The van der Waals surface area contributed by atoms with Gasteiger partial charge in [0.15, 0.2) is 0 Å². The molecule has 4 nitrogen and oxygen atoms in total. The van der Waals surface area contributed by atoms with Crippen LogP contribution >= 0.6 is 0 Å². The van der Waals surface area contributed by atoms with Gasteiger partial charge in [0.2, 0.25) is 9.76 Å². The molecule has 0 bridgehead atoms. The van der Waals surface area contributed by atoms with Gasteiger partial charge in [0.25, 0.3) is 0 Å². The normalized spacial score (nSPS) is 11.7. The minimum atomic E-state index is -0.372. The smallest absolute Gasteiger partial charge is 0.339 e. The third-order valence-corrected chi connectivity index (χ3v) is 4.64. The van der Waals surface area contributed by atoms with Crippen LogP contribution in [0.15, 0.2) is 18.3 Å². The van der Waals surface area contributed by atoms with E-state index in [2.05, 4.69) is 37.4 Å². The Morgan fingerprint density at radius 2 is 2.11 bits per heavy atom. The summed E-state index contributed by atoms with van der Waals surface area (Å²) in [5.74, 6) is 0.197. The van der Waals surface area contributed by atoms with E-state index in [0.29, 0.717) is 27.9 Å². The van der Waals surface area contributed by atoms with E-state index in [1.807, 2.05) is 0 Å². The highest BCUT2D eigenvalue weighted by molar-refractivity contribution is 6.32. The van der Waals surface area contributed by atoms with Crippen molar-refractivity contribution in [3.05, 3.63) is 29.6 Å². The first kappa shape index (κ1) is 15.9. The third-order valence-electron chi connectivity index (χ3n) is 3.24. The molecule has 0 aromatic carbocycles. The first-order valence-corrected chi connectivity index (χ1v) is 7.20. The Balaban J connectivity index is 2.49. The lowest BCUT2D eigenvalue weighted by Crippen LogP contribution is -2.22.